The molecule has 0 aliphatic heterocycles. The third-order valence-electron chi connectivity index (χ3n) is 3.69. The lowest BCUT2D eigenvalue weighted by Gasteiger charge is -2.04. The summed E-state index contributed by atoms with van der Waals surface area (Å²) in [7, 11) is 0. The standard InChI is InChI=1S/C19H17NO3S2/c1-2-13-3-5-14(6-4-13)17(21)10-23-18(22)9-16-12-25-19(20-16)15-7-8-24-11-15/h3-8,11-12H,2,9-10H2,1H3. The summed E-state index contributed by atoms with van der Waals surface area (Å²) in [5, 5.41) is 6.74. The summed E-state index contributed by atoms with van der Waals surface area (Å²) >= 11 is 3.10. The molecular weight excluding hydrogens is 354 g/mol. The molecule has 6 heteroatoms. The van der Waals surface area contributed by atoms with Gasteiger partial charge in [0.2, 0.25) is 0 Å². The van der Waals surface area contributed by atoms with Crippen molar-refractivity contribution in [2.24, 2.45) is 0 Å². The van der Waals surface area contributed by atoms with Crippen LogP contribution in [0.2, 0.25) is 0 Å². The summed E-state index contributed by atoms with van der Waals surface area (Å²) in [6.07, 6.45) is 0.993. The van der Waals surface area contributed by atoms with Crippen molar-refractivity contribution in [2.45, 2.75) is 19.8 Å². The topological polar surface area (TPSA) is 56.3 Å². The third-order valence-corrected chi connectivity index (χ3v) is 5.32. The molecule has 128 valence electrons. The normalized spacial score (nSPS) is 10.6. The lowest BCUT2D eigenvalue weighted by Crippen LogP contribution is -2.15. The molecule has 2 aromatic heterocycles. The Kier molecular flexibility index (Phi) is 5.73. The van der Waals surface area contributed by atoms with Crippen LogP contribution in [0.4, 0.5) is 0 Å². The van der Waals surface area contributed by atoms with Crippen LogP contribution < -0.4 is 0 Å². The first-order valence-electron chi connectivity index (χ1n) is 7.90. The Morgan fingerprint density at radius 2 is 1.92 bits per heavy atom. The van der Waals surface area contributed by atoms with Gasteiger partial charge < -0.3 is 4.74 Å². The highest BCUT2D eigenvalue weighted by Gasteiger charge is 2.13. The van der Waals surface area contributed by atoms with Gasteiger partial charge in [0.15, 0.2) is 12.4 Å². The number of ether oxygens (including phenoxy) is 1. The molecule has 0 aliphatic carbocycles. The van der Waals surface area contributed by atoms with Crippen LogP contribution in [0.1, 0.15) is 28.5 Å². The number of thiazole rings is 1. The van der Waals surface area contributed by atoms with Crippen molar-refractivity contribution in [3.8, 4) is 10.6 Å². The first-order chi connectivity index (χ1) is 12.2. The molecule has 0 aliphatic rings. The van der Waals surface area contributed by atoms with Crippen molar-refractivity contribution in [1.29, 1.82) is 0 Å². The predicted molar refractivity (Wildman–Crippen MR) is 100 cm³/mol. The number of ketones is 1. The van der Waals surface area contributed by atoms with Crippen molar-refractivity contribution < 1.29 is 14.3 Å². The summed E-state index contributed by atoms with van der Waals surface area (Å²) in [5.41, 5.74) is 3.44. The summed E-state index contributed by atoms with van der Waals surface area (Å²) in [5.74, 6) is -0.644. The maximum atomic E-state index is 12.1. The molecule has 0 saturated heterocycles. The number of carbonyl (C=O) groups is 2. The van der Waals surface area contributed by atoms with E-state index in [-0.39, 0.29) is 18.8 Å². The minimum Gasteiger partial charge on any atom is -0.457 e. The fraction of sp³-hybridized carbons (Fsp3) is 0.211. The van der Waals surface area contributed by atoms with Crippen molar-refractivity contribution in [1.82, 2.24) is 4.98 Å². The summed E-state index contributed by atoms with van der Waals surface area (Å²) in [6, 6.07) is 9.35. The van der Waals surface area contributed by atoms with Crippen LogP contribution in [-0.2, 0) is 22.4 Å². The Labute approximate surface area is 154 Å². The predicted octanol–water partition coefficient (Wildman–Crippen LogP) is 4.40. The quantitative estimate of drug-likeness (QED) is 0.456. The van der Waals surface area contributed by atoms with Gasteiger partial charge in [-0.2, -0.15) is 11.3 Å². The monoisotopic (exact) mass is 371 g/mol. The molecular formula is C19H17NO3S2. The number of esters is 1. The van der Waals surface area contributed by atoms with E-state index in [0.29, 0.717) is 11.3 Å². The molecule has 0 spiro atoms. The second-order valence-electron chi connectivity index (χ2n) is 5.47. The lowest BCUT2D eigenvalue weighted by atomic mass is 10.1. The smallest absolute Gasteiger partial charge is 0.312 e. The van der Waals surface area contributed by atoms with E-state index in [0.717, 1.165) is 17.0 Å². The molecule has 25 heavy (non-hydrogen) atoms. The van der Waals surface area contributed by atoms with E-state index in [2.05, 4.69) is 11.9 Å². The molecule has 0 unspecified atom stereocenters. The van der Waals surface area contributed by atoms with E-state index >= 15 is 0 Å². The number of thiophene rings is 1. The maximum Gasteiger partial charge on any atom is 0.312 e. The number of aryl methyl sites for hydroxylation is 1. The number of nitrogens with zero attached hydrogens (tertiary/aromatic N) is 1. The second kappa shape index (κ2) is 8.18. The van der Waals surface area contributed by atoms with Crippen LogP contribution in [0, 0.1) is 0 Å². The highest BCUT2D eigenvalue weighted by atomic mass is 32.1. The fourth-order valence-corrected chi connectivity index (χ4v) is 3.79. The van der Waals surface area contributed by atoms with Crippen LogP contribution >= 0.6 is 22.7 Å². The van der Waals surface area contributed by atoms with Crippen LogP contribution in [0.15, 0.2) is 46.5 Å². The highest BCUT2D eigenvalue weighted by Crippen LogP contribution is 2.25. The van der Waals surface area contributed by atoms with Gasteiger partial charge in [0, 0.05) is 21.9 Å². The maximum absolute atomic E-state index is 12.1. The fourth-order valence-electron chi connectivity index (χ4n) is 2.26. The van der Waals surface area contributed by atoms with Crippen LogP contribution in [0.5, 0.6) is 0 Å². The molecule has 0 N–H and O–H groups in total. The number of hydrogen-bond donors (Lipinski definition) is 0. The van der Waals surface area contributed by atoms with E-state index in [9.17, 15) is 9.59 Å². The molecule has 0 saturated carbocycles. The van der Waals surface area contributed by atoms with Gasteiger partial charge in [0.25, 0.3) is 0 Å². The van der Waals surface area contributed by atoms with E-state index in [4.69, 9.17) is 4.74 Å². The van der Waals surface area contributed by atoms with Gasteiger partial charge in [0.1, 0.15) is 5.01 Å². The Morgan fingerprint density at radius 1 is 1.12 bits per heavy atom. The molecule has 0 fully saturated rings. The van der Waals surface area contributed by atoms with Gasteiger partial charge in [-0.3, -0.25) is 9.59 Å². The molecule has 2 heterocycles. The average Bonchev–Trinajstić information content (AvgIpc) is 3.31. The van der Waals surface area contributed by atoms with Gasteiger partial charge in [-0.05, 0) is 23.4 Å². The van der Waals surface area contributed by atoms with Gasteiger partial charge in [0.05, 0.1) is 12.1 Å². The van der Waals surface area contributed by atoms with E-state index in [1.54, 1.807) is 23.5 Å². The van der Waals surface area contributed by atoms with E-state index in [1.165, 1.54) is 16.9 Å². The molecule has 0 atom stereocenters. The van der Waals surface area contributed by atoms with Crippen LogP contribution in [0.25, 0.3) is 10.6 Å². The largest absolute Gasteiger partial charge is 0.457 e. The number of Topliss-reactive ketones (excluding diaryl/α,β-unsaturated/α-hetero) is 1. The first-order valence-corrected chi connectivity index (χ1v) is 9.72. The highest BCUT2D eigenvalue weighted by molar-refractivity contribution is 7.14. The Bertz CT molecular complexity index is 851. The number of hydrogen-bond acceptors (Lipinski definition) is 6. The minimum atomic E-state index is -0.444. The molecule has 0 bridgehead atoms. The van der Waals surface area contributed by atoms with Gasteiger partial charge >= 0.3 is 5.97 Å². The Balaban J connectivity index is 1.51. The first kappa shape index (κ1) is 17.5. The number of aromatic nitrogens is 1. The van der Waals surface area contributed by atoms with Crippen molar-refractivity contribution in [2.75, 3.05) is 6.61 Å². The summed E-state index contributed by atoms with van der Waals surface area (Å²) in [4.78, 5) is 28.4. The molecule has 3 rings (SSSR count). The molecule has 4 nitrogen and oxygen atoms in total. The van der Waals surface area contributed by atoms with E-state index < -0.39 is 5.97 Å². The number of carbonyl (C=O) groups excluding carboxylic acids is 2. The van der Waals surface area contributed by atoms with Crippen molar-refractivity contribution >= 4 is 34.4 Å². The van der Waals surface area contributed by atoms with Crippen molar-refractivity contribution in [3.05, 3.63) is 63.3 Å². The molecule has 0 amide bonds. The zero-order valence-electron chi connectivity index (χ0n) is 13.7. The zero-order chi connectivity index (χ0) is 17.6. The van der Waals surface area contributed by atoms with Crippen LogP contribution in [0.3, 0.4) is 0 Å². The summed E-state index contributed by atoms with van der Waals surface area (Å²) in [6.45, 7) is 1.81. The van der Waals surface area contributed by atoms with Gasteiger partial charge in [-0.25, -0.2) is 4.98 Å². The van der Waals surface area contributed by atoms with Gasteiger partial charge in [-0.15, -0.1) is 11.3 Å². The zero-order valence-corrected chi connectivity index (χ0v) is 15.4. The molecule has 1 aromatic carbocycles. The Morgan fingerprint density at radius 3 is 2.60 bits per heavy atom. The second-order valence-corrected chi connectivity index (χ2v) is 7.11. The third kappa shape index (κ3) is 4.61. The van der Waals surface area contributed by atoms with Crippen LogP contribution in [-0.4, -0.2) is 23.3 Å². The number of rotatable bonds is 7. The summed E-state index contributed by atoms with van der Waals surface area (Å²) < 4.78 is 5.10. The number of benzene rings is 1. The average molecular weight is 371 g/mol. The van der Waals surface area contributed by atoms with Crippen molar-refractivity contribution in [3.63, 3.8) is 0 Å². The molecule has 0 radical (unpaired) electrons. The minimum absolute atomic E-state index is 0.0721. The Hall–Kier alpha value is -2.31. The van der Waals surface area contributed by atoms with E-state index in [1.807, 2.05) is 34.3 Å². The molecule has 3 aromatic rings. The SMILES string of the molecule is CCc1ccc(C(=O)COC(=O)Cc2csc(-c3ccsc3)n2)cc1. The van der Waals surface area contributed by atoms with Gasteiger partial charge in [-0.1, -0.05) is 31.2 Å². The lowest BCUT2D eigenvalue weighted by molar-refractivity contribution is -0.141.